The zero-order chi connectivity index (χ0) is 16.1. The van der Waals surface area contributed by atoms with Crippen LogP contribution in [-0.4, -0.2) is 33.5 Å². The van der Waals surface area contributed by atoms with E-state index >= 15 is 0 Å². The Kier molecular flexibility index (Phi) is 5.04. The smallest absolute Gasteiger partial charge is 0.205 e. The van der Waals surface area contributed by atoms with Crippen molar-refractivity contribution in [2.45, 2.75) is 17.5 Å². The van der Waals surface area contributed by atoms with Crippen LogP contribution < -0.4 is 0 Å². The Bertz CT molecular complexity index is 757. The Hall–Kier alpha value is -2.19. The third-order valence-corrected chi connectivity index (χ3v) is 4.09. The Morgan fingerprint density at radius 1 is 1.30 bits per heavy atom. The van der Waals surface area contributed by atoms with Crippen molar-refractivity contribution in [3.8, 4) is 11.3 Å². The van der Waals surface area contributed by atoms with Gasteiger partial charge in [-0.2, -0.15) is 0 Å². The topological polar surface area (TPSA) is 66.0 Å². The highest BCUT2D eigenvalue weighted by molar-refractivity contribution is 7.98. The first-order valence-corrected chi connectivity index (χ1v) is 7.95. The number of thioether (sulfide) groups is 1. The summed E-state index contributed by atoms with van der Waals surface area (Å²) >= 11 is 1.49. The molecule has 0 atom stereocenters. The maximum atomic E-state index is 12.9. The molecule has 0 aliphatic heterocycles. The van der Waals surface area contributed by atoms with E-state index in [1.807, 2.05) is 4.57 Å². The summed E-state index contributed by atoms with van der Waals surface area (Å²) in [4.78, 5) is 4.24. The van der Waals surface area contributed by atoms with E-state index in [2.05, 4.69) is 15.2 Å². The predicted octanol–water partition coefficient (Wildman–Crippen LogP) is 3.01. The van der Waals surface area contributed by atoms with Gasteiger partial charge in [-0.05, 0) is 24.3 Å². The third kappa shape index (κ3) is 3.96. The van der Waals surface area contributed by atoms with Crippen molar-refractivity contribution in [2.24, 2.45) is 0 Å². The Morgan fingerprint density at radius 2 is 2.13 bits per heavy atom. The average molecular weight is 334 g/mol. The van der Waals surface area contributed by atoms with E-state index in [1.54, 1.807) is 31.8 Å². The molecule has 2 heterocycles. The van der Waals surface area contributed by atoms with Crippen LogP contribution in [0.15, 0.2) is 46.4 Å². The fourth-order valence-corrected chi connectivity index (χ4v) is 2.75. The van der Waals surface area contributed by atoms with E-state index < -0.39 is 0 Å². The summed E-state index contributed by atoms with van der Waals surface area (Å²) in [5.74, 6) is 1.45. The Labute approximate surface area is 136 Å². The van der Waals surface area contributed by atoms with Crippen molar-refractivity contribution in [1.29, 1.82) is 0 Å². The summed E-state index contributed by atoms with van der Waals surface area (Å²) < 4.78 is 25.6. The molecule has 0 radical (unpaired) electrons. The lowest BCUT2D eigenvalue weighted by Crippen LogP contribution is -2.04. The molecule has 0 N–H and O–H groups in total. The number of hydrogen-bond donors (Lipinski definition) is 0. The first-order chi connectivity index (χ1) is 11.3. The van der Waals surface area contributed by atoms with Gasteiger partial charge in [0.15, 0.2) is 10.9 Å². The standard InChI is InChI=1S/C15H15FN4O2S/c1-21-7-6-20-10-18-19-15(20)23-9-14-17-8-13(22-14)11-2-4-12(16)5-3-11/h2-5,8,10H,6-7,9H2,1H3. The Morgan fingerprint density at radius 3 is 2.91 bits per heavy atom. The molecule has 0 aliphatic rings. The third-order valence-electron chi connectivity index (χ3n) is 3.12. The van der Waals surface area contributed by atoms with Crippen LogP contribution >= 0.6 is 11.8 Å². The van der Waals surface area contributed by atoms with Gasteiger partial charge in [-0.15, -0.1) is 10.2 Å². The second kappa shape index (κ2) is 7.38. The van der Waals surface area contributed by atoms with Crippen molar-refractivity contribution in [2.75, 3.05) is 13.7 Å². The molecular weight excluding hydrogens is 319 g/mol. The molecule has 0 saturated heterocycles. The van der Waals surface area contributed by atoms with E-state index in [0.29, 0.717) is 30.6 Å². The molecule has 0 spiro atoms. The maximum Gasteiger partial charge on any atom is 0.205 e. The molecule has 0 saturated carbocycles. The van der Waals surface area contributed by atoms with Gasteiger partial charge in [0.2, 0.25) is 5.89 Å². The lowest BCUT2D eigenvalue weighted by atomic mass is 10.2. The number of aromatic nitrogens is 4. The highest BCUT2D eigenvalue weighted by atomic mass is 32.2. The van der Waals surface area contributed by atoms with E-state index in [9.17, 15) is 4.39 Å². The van der Waals surface area contributed by atoms with Crippen LogP contribution in [0.25, 0.3) is 11.3 Å². The van der Waals surface area contributed by atoms with Crippen molar-refractivity contribution >= 4 is 11.8 Å². The highest BCUT2D eigenvalue weighted by Crippen LogP contribution is 2.25. The molecule has 1 aromatic carbocycles. The Balaban J connectivity index is 1.63. The molecule has 0 aliphatic carbocycles. The summed E-state index contributed by atoms with van der Waals surface area (Å²) in [5.41, 5.74) is 0.790. The number of ether oxygens (including phenoxy) is 1. The van der Waals surface area contributed by atoms with Crippen LogP contribution in [0, 0.1) is 5.82 Å². The molecular formula is C15H15FN4O2S. The first-order valence-electron chi connectivity index (χ1n) is 6.96. The number of methoxy groups -OCH3 is 1. The van der Waals surface area contributed by atoms with Crippen LogP contribution in [0.2, 0.25) is 0 Å². The summed E-state index contributed by atoms with van der Waals surface area (Å²) in [6.07, 6.45) is 3.31. The predicted molar refractivity (Wildman–Crippen MR) is 83.4 cm³/mol. The first kappa shape index (κ1) is 15.7. The summed E-state index contributed by atoms with van der Waals surface area (Å²) in [5, 5.41) is 8.75. The van der Waals surface area contributed by atoms with Crippen molar-refractivity contribution < 1.29 is 13.5 Å². The number of hydrogen-bond acceptors (Lipinski definition) is 6. The van der Waals surface area contributed by atoms with Crippen LogP contribution in [0.5, 0.6) is 0 Å². The maximum absolute atomic E-state index is 12.9. The number of nitrogens with zero attached hydrogens (tertiary/aromatic N) is 4. The SMILES string of the molecule is COCCn1cnnc1SCc1ncc(-c2ccc(F)cc2)o1. The largest absolute Gasteiger partial charge is 0.440 e. The summed E-state index contributed by atoms with van der Waals surface area (Å²) in [6, 6.07) is 6.11. The zero-order valence-electron chi connectivity index (χ0n) is 12.5. The van der Waals surface area contributed by atoms with Crippen molar-refractivity contribution in [3.05, 3.63) is 48.5 Å². The van der Waals surface area contributed by atoms with Crippen molar-refractivity contribution in [3.63, 3.8) is 0 Å². The molecule has 2 aromatic heterocycles. The summed E-state index contributed by atoms with van der Waals surface area (Å²) in [6.45, 7) is 1.29. The van der Waals surface area contributed by atoms with Crippen LogP contribution in [-0.2, 0) is 17.0 Å². The number of halogens is 1. The molecule has 0 unspecified atom stereocenters. The van der Waals surface area contributed by atoms with Gasteiger partial charge in [0.05, 0.1) is 18.6 Å². The molecule has 6 nitrogen and oxygen atoms in total. The van der Waals surface area contributed by atoms with Gasteiger partial charge in [-0.1, -0.05) is 11.8 Å². The quantitative estimate of drug-likeness (QED) is 0.619. The van der Waals surface area contributed by atoms with Crippen LogP contribution in [0.3, 0.4) is 0 Å². The van der Waals surface area contributed by atoms with E-state index in [0.717, 1.165) is 10.7 Å². The number of rotatable bonds is 7. The van der Waals surface area contributed by atoms with E-state index in [-0.39, 0.29) is 5.82 Å². The molecule has 120 valence electrons. The normalized spacial score (nSPS) is 11.0. The van der Waals surface area contributed by atoms with Crippen molar-refractivity contribution in [1.82, 2.24) is 19.7 Å². The minimum Gasteiger partial charge on any atom is -0.440 e. The molecule has 0 amide bonds. The molecule has 3 rings (SSSR count). The fourth-order valence-electron chi connectivity index (χ4n) is 1.95. The zero-order valence-corrected chi connectivity index (χ0v) is 13.3. The number of benzene rings is 1. The number of oxazole rings is 1. The summed E-state index contributed by atoms with van der Waals surface area (Å²) in [7, 11) is 1.65. The van der Waals surface area contributed by atoms with Gasteiger partial charge in [-0.25, -0.2) is 9.37 Å². The lowest BCUT2D eigenvalue weighted by Gasteiger charge is -2.03. The van der Waals surface area contributed by atoms with Gasteiger partial charge in [0.1, 0.15) is 12.1 Å². The van der Waals surface area contributed by atoms with E-state index in [4.69, 9.17) is 9.15 Å². The minimum absolute atomic E-state index is 0.278. The van der Waals surface area contributed by atoms with Gasteiger partial charge >= 0.3 is 0 Å². The van der Waals surface area contributed by atoms with Gasteiger partial charge < -0.3 is 13.7 Å². The highest BCUT2D eigenvalue weighted by Gasteiger charge is 2.10. The molecule has 3 aromatic rings. The lowest BCUT2D eigenvalue weighted by molar-refractivity contribution is 0.184. The second-order valence-corrected chi connectivity index (χ2v) is 5.66. The molecule has 8 heteroatoms. The van der Waals surface area contributed by atoms with Gasteiger partial charge in [0.25, 0.3) is 0 Å². The minimum atomic E-state index is -0.278. The average Bonchev–Trinajstić information content (AvgIpc) is 3.21. The molecule has 0 fully saturated rings. The molecule has 23 heavy (non-hydrogen) atoms. The van der Waals surface area contributed by atoms with Gasteiger partial charge in [-0.3, -0.25) is 0 Å². The van der Waals surface area contributed by atoms with Gasteiger partial charge in [0, 0.05) is 19.2 Å². The fraction of sp³-hybridized carbons (Fsp3) is 0.267. The monoisotopic (exact) mass is 334 g/mol. The van der Waals surface area contributed by atoms with Crippen LogP contribution in [0.4, 0.5) is 4.39 Å². The second-order valence-electron chi connectivity index (χ2n) is 4.71. The van der Waals surface area contributed by atoms with Crippen LogP contribution in [0.1, 0.15) is 5.89 Å². The van der Waals surface area contributed by atoms with E-state index in [1.165, 1.54) is 23.9 Å². The molecule has 0 bridgehead atoms.